The largest absolute Gasteiger partial charge is 0.144 e. The molecule has 0 aliphatic rings. The second-order valence-corrected chi connectivity index (χ2v) is 2.66. The van der Waals surface area contributed by atoms with Crippen LogP contribution in [0.1, 0.15) is 13.8 Å². The van der Waals surface area contributed by atoms with Crippen molar-refractivity contribution >= 4 is 12.6 Å². The fourth-order valence-electron chi connectivity index (χ4n) is 0.453. The first-order valence-corrected chi connectivity index (χ1v) is 3.21. The van der Waals surface area contributed by atoms with Crippen LogP contribution in [0.25, 0.3) is 0 Å². The van der Waals surface area contributed by atoms with Gasteiger partial charge in [-0.25, -0.2) is 0 Å². The minimum Gasteiger partial charge on any atom is -0.144 e. The summed E-state index contributed by atoms with van der Waals surface area (Å²) in [5.74, 6) is 0. The summed E-state index contributed by atoms with van der Waals surface area (Å²) in [6.07, 6.45) is 1.95. The van der Waals surface area contributed by atoms with Crippen molar-refractivity contribution in [3.63, 3.8) is 0 Å². The van der Waals surface area contributed by atoms with Crippen LogP contribution in [0.2, 0.25) is 0 Å². The van der Waals surface area contributed by atoms with E-state index in [1.54, 1.807) is 0 Å². The summed E-state index contributed by atoms with van der Waals surface area (Å²) in [4.78, 5) is 0.804. The van der Waals surface area contributed by atoms with E-state index in [-0.39, 0.29) is 0 Å². The Morgan fingerprint density at radius 1 is 1.33 bits per heavy atom. The summed E-state index contributed by atoms with van der Waals surface area (Å²) in [7, 11) is 0. The maximum Gasteiger partial charge on any atom is -0.000265 e. The van der Waals surface area contributed by atoms with E-state index >= 15 is 0 Å². The molecule has 0 heterocycles. The van der Waals surface area contributed by atoms with Crippen molar-refractivity contribution in [2.45, 2.75) is 13.8 Å². The van der Waals surface area contributed by atoms with Crippen LogP contribution >= 0.6 is 12.6 Å². The summed E-state index contributed by atoms with van der Waals surface area (Å²) < 4.78 is 0. The lowest BCUT2D eigenvalue weighted by atomic mass is 10.2. The summed E-state index contributed by atoms with van der Waals surface area (Å²) in [5, 5.41) is 0. The molecule has 0 atom stereocenters. The van der Waals surface area contributed by atoms with E-state index in [9.17, 15) is 0 Å². The van der Waals surface area contributed by atoms with Gasteiger partial charge in [-0.15, -0.1) is 12.6 Å². The average molecular weight is 140 g/mol. The van der Waals surface area contributed by atoms with Gasteiger partial charge in [-0.2, -0.15) is 0 Å². The Bertz CT molecular complexity index is 163. The smallest absolute Gasteiger partial charge is 0.000265 e. The molecule has 0 N–H and O–H groups in total. The summed E-state index contributed by atoms with van der Waals surface area (Å²) in [5.41, 5.74) is 2.11. The highest BCUT2D eigenvalue weighted by atomic mass is 32.1. The van der Waals surface area contributed by atoms with Crippen LogP contribution in [0.3, 0.4) is 0 Å². The molecule has 0 spiro atoms. The summed E-state index contributed by atoms with van der Waals surface area (Å²) in [6, 6.07) is 0. The number of thiol groups is 1. The van der Waals surface area contributed by atoms with Crippen molar-refractivity contribution in [3.05, 3.63) is 35.3 Å². The van der Waals surface area contributed by atoms with E-state index < -0.39 is 0 Å². The topological polar surface area (TPSA) is 0 Å². The van der Waals surface area contributed by atoms with E-state index in [4.69, 9.17) is 0 Å². The van der Waals surface area contributed by atoms with E-state index in [1.165, 1.54) is 0 Å². The zero-order chi connectivity index (χ0) is 7.44. The quantitative estimate of drug-likeness (QED) is 0.442. The standard InChI is InChI=1S/C8H12S/c1-6(2)5-7(3)8(4)9/h5,9H,1,4H2,2-3H3/b7-5-. The molecule has 0 fully saturated rings. The zero-order valence-corrected chi connectivity index (χ0v) is 6.83. The van der Waals surface area contributed by atoms with E-state index in [0.717, 1.165) is 16.1 Å². The second-order valence-electron chi connectivity index (χ2n) is 2.12. The molecule has 0 aromatic carbocycles. The maximum absolute atomic E-state index is 4.06. The highest BCUT2D eigenvalue weighted by molar-refractivity contribution is 7.84. The van der Waals surface area contributed by atoms with Gasteiger partial charge in [0.05, 0.1) is 0 Å². The van der Waals surface area contributed by atoms with E-state index in [2.05, 4.69) is 25.8 Å². The number of hydrogen-bond donors (Lipinski definition) is 1. The Kier molecular flexibility index (Phi) is 3.40. The molecule has 0 unspecified atom stereocenters. The van der Waals surface area contributed by atoms with Crippen molar-refractivity contribution < 1.29 is 0 Å². The molecule has 0 aromatic heterocycles. The molecule has 0 aliphatic carbocycles. The van der Waals surface area contributed by atoms with Crippen molar-refractivity contribution in [2.75, 3.05) is 0 Å². The lowest BCUT2D eigenvalue weighted by molar-refractivity contribution is 1.44. The van der Waals surface area contributed by atoms with Gasteiger partial charge < -0.3 is 0 Å². The Morgan fingerprint density at radius 3 is 1.89 bits per heavy atom. The fourth-order valence-corrected chi connectivity index (χ4v) is 0.517. The Balaban J connectivity index is 4.17. The average Bonchev–Trinajstić information content (AvgIpc) is 1.63. The Hall–Kier alpha value is -0.430. The van der Waals surface area contributed by atoms with Gasteiger partial charge in [0.25, 0.3) is 0 Å². The third-order valence-corrected chi connectivity index (χ3v) is 1.27. The van der Waals surface area contributed by atoms with Crippen molar-refractivity contribution in [2.24, 2.45) is 0 Å². The molecule has 0 nitrogen and oxygen atoms in total. The highest BCUT2D eigenvalue weighted by Crippen LogP contribution is 2.11. The third kappa shape index (κ3) is 4.10. The van der Waals surface area contributed by atoms with Crippen LogP contribution in [0.4, 0.5) is 0 Å². The van der Waals surface area contributed by atoms with Crippen LogP contribution < -0.4 is 0 Å². The number of allylic oxidation sites excluding steroid dienone is 3. The number of hydrogen-bond acceptors (Lipinski definition) is 1. The summed E-state index contributed by atoms with van der Waals surface area (Å²) in [6.45, 7) is 11.3. The van der Waals surface area contributed by atoms with Gasteiger partial charge in [-0.3, -0.25) is 0 Å². The predicted octanol–water partition coefficient (Wildman–Crippen LogP) is 2.95. The molecule has 0 saturated heterocycles. The molecule has 0 aliphatic heterocycles. The molecular formula is C8H12S. The van der Waals surface area contributed by atoms with Crippen molar-refractivity contribution in [1.29, 1.82) is 0 Å². The maximum atomic E-state index is 4.06. The molecular weight excluding hydrogens is 128 g/mol. The monoisotopic (exact) mass is 140 g/mol. The highest BCUT2D eigenvalue weighted by Gasteiger charge is 1.87. The predicted molar refractivity (Wildman–Crippen MR) is 46.7 cm³/mol. The minimum absolute atomic E-state index is 0.804. The number of rotatable bonds is 2. The van der Waals surface area contributed by atoms with Gasteiger partial charge in [0.2, 0.25) is 0 Å². The Labute approximate surface area is 62.4 Å². The van der Waals surface area contributed by atoms with Gasteiger partial charge in [0.1, 0.15) is 0 Å². The fraction of sp³-hybridized carbons (Fsp3) is 0.250. The van der Waals surface area contributed by atoms with Gasteiger partial charge in [-0.1, -0.05) is 24.8 Å². The first-order valence-electron chi connectivity index (χ1n) is 2.76. The third-order valence-electron chi connectivity index (χ3n) is 0.918. The lowest BCUT2D eigenvalue weighted by Crippen LogP contribution is -1.73. The summed E-state index contributed by atoms with van der Waals surface area (Å²) >= 11 is 4.06. The molecule has 0 saturated carbocycles. The van der Waals surface area contributed by atoms with Crippen LogP contribution in [0.15, 0.2) is 35.3 Å². The SMILES string of the molecule is C=C(C)/C=C(/C)C(=C)S. The lowest BCUT2D eigenvalue weighted by Gasteiger charge is -1.95. The molecule has 0 bridgehead atoms. The molecule has 0 rings (SSSR count). The van der Waals surface area contributed by atoms with Gasteiger partial charge in [0, 0.05) is 0 Å². The van der Waals surface area contributed by atoms with E-state index in [1.807, 2.05) is 19.9 Å². The molecule has 0 aromatic rings. The van der Waals surface area contributed by atoms with E-state index in [0.29, 0.717) is 0 Å². The molecule has 1 heteroatoms. The van der Waals surface area contributed by atoms with Gasteiger partial charge in [-0.05, 0) is 24.3 Å². The van der Waals surface area contributed by atoms with Crippen LogP contribution in [-0.4, -0.2) is 0 Å². The van der Waals surface area contributed by atoms with Crippen molar-refractivity contribution in [3.8, 4) is 0 Å². The van der Waals surface area contributed by atoms with Crippen LogP contribution in [0.5, 0.6) is 0 Å². The van der Waals surface area contributed by atoms with Gasteiger partial charge in [0.15, 0.2) is 0 Å². The van der Waals surface area contributed by atoms with Crippen LogP contribution in [-0.2, 0) is 0 Å². The van der Waals surface area contributed by atoms with Gasteiger partial charge >= 0.3 is 0 Å². The molecule has 9 heavy (non-hydrogen) atoms. The van der Waals surface area contributed by atoms with Crippen molar-refractivity contribution in [1.82, 2.24) is 0 Å². The second kappa shape index (κ2) is 3.57. The minimum atomic E-state index is 0.804. The zero-order valence-electron chi connectivity index (χ0n) is 5.94. The first kappa shape index (κ1) is 8.57. The Morgan fingerprint density at radius 2 is 1.78 bits per heavy atom. The molecule has 0 radical (unpaired) electrons. The first-order chi connectivity index (χ1) is 4.04. The molecule has 50 valence electrons. The van der Waals surface area contributed by atoms with Crippen LogP contribution in [0, 0.1) is 0 Å². The molecule has 0 amide bonds. The normalized spacial score (nSPS) is 11.2.